The van der Waals surface area contributed by atoms with Crippen molar-refractivity contribution in [1.29, 1.82) is 0 Å². The number of nitrogens with one attached hydrogen (secondary N) is 1. The second kappa shape index (κ2) is 7.02. The minimum Gasteiger partial charge on any atom is -0.355 e. The molecule has 3 aromatic rings. The molecule has 1 N–H and O–H groups in total. The summed E-state index contributed by atoms with van der Waals surface area (Å²) in [6.07, 6.45) is 2.05. The lowest BCUT2D eigenvalue weighted by atomic mass is 9.98. The van der Waals surface area contributed by atoms with Gasteiger partial charge in [-0.25, -0.2) is 14.5 Å². The van der Waals surface area contributed by atoms with Crippen LogP contribution in [0.15, 0.2) is 29.1 Å². The van der Waals surface area contributed by atoms with Crippen LogP contribution in [0.5, 0.6) is 0 Å². The predicted molar refractivity (Wildman–Crippen MR) is 101 cm³/mol. The van der Waals surface area contributed by atoms with E-state index in [1.54, 1.807) is 11.6 Å². The molecule has 1 atom stereocenters. The molecule has 0 saturated heterocycles. The van der Waals surface area contributed by atoms with Crippen LogP contribution >= 0.6 is 0 Å². The number of imidazole rings is 1. The van der Waals surface area contributed by atoms with Crippen molar-refractivity contribution < 1.29 is 4.79 Å². The lowest BCUT2D eigenvalue weighted by Crippen LogP contribution is -2.39. The summed E-state index contributed by atoms with van der Waals surface area (Å²) >= 11 is 0. The predicted octanol–water partition coefficient (Wildman–Crippen LogP) is 0.873. The molecule has 0 spiro atoms. The normalized spacial score (nSPS) is 16.4. The van der Waals surface area contributed by atoms with Gasteiger partial charge in [0.25, 0.3) is 0 Å². The van der Waals surface area contributed by atoms with E-state index in [2.05, 4.69) is 28.0 Å². The molecule has 0 saturated carbocycles. The van der Waals surface area contributed by atoms with Gasteiger partial charge in [-0.15, -0.1) is 0 Å². The van der Waals surface area contributed by atoms with Crippen molar-refractivity contribution in [3.05, 3.63) is 46.4 Å². The molecule has 8 nitrogen and oxygen atoms in total. The van der Waals surface area contributed by atoms with Gasteiger partial charge in [0.05, 0.1) is 17.0 Å². The summed E-state index contributed by atoms with van der Waals surface area (Å²) in [5.74, 6) is 1.55. The molecule has 1 amide bonds. The summed E-state index contributed by atoms with van der Waals surface area (Å²) in [5, 5.41) is 7.23. The van der Waals surface area contributed by atoms with Crippen LogP contribution in [0, 0.1) is 5.92 Å². The van der Waals surface area contributed by atoms with E-state index in [1.165, 1.54) is 4.68 Å². The van der Waals surface area contributed by atoms with E-state index in [4.69, 9.17) is 4.98 Å². The minimum atomic E-state index is -0.190. The van der Waals surface area contributed by atoms with Gasteiger partial charge in [0.2, 0.25) is 5.91 Å². The SMILES string of the molecule is CCn1c(CCNC(=O)C2CCc3nn(C)c(=O)n3C2)nc2ccccc21. The van der Waals surface area contributed by atoms with Crippen LogP contribution in [0.25, 0.3) is 11.0 Å². The van der Waals surface area contributed by atoms with Crippen LogP contribution in [0.4, 0.5) is 0 Å². The molecule has 3 heterocycles. The number of hydrogen-bond acceptors (Lipinski definition) is 4. The fourth-order valence-corrected chi connectivity index (χ4v) is 3.86. The topological polar surface area (TPSA) is 86.7 Å². The first kappa shape index (κ1) is 17.5. The number of aromatic nitrogens is 5. The van der Waals surface area contributed by atoms with Crippen molar-refractivity contribution in [2.24, 2.45) is 13.0 Å². The first-order valence-corrected chi connectivity index (χ1v) is 9.43. The average molecular weight is 368 g/mol. The largest absolute Gasteiger partial charge is 0.355 e. The fraction of sp³-hybridized carbons (Fsp3) is 0.474. The average Bonchev–Trinajstić information content (AvgIpc) is 3.18. The molecule has 142 valence electrons. The molecule has 1 unspecified atom stereocenters. The van der Waals surface area contributed by atoms with Crippen LogP contribution in [0.1, 0.15) is 25.0 Å². The monoisotopic (exact) mass is 368 g/mol. The van der Waals surface area contributed by atoms with Crippen molar-refractivity contribution in [3.63, 3.8) is 0 Å². The molecule has 1 aliphatic rings. The Morgan fingerprint density at radius 2 is 2.15 bits per heavy atom. The van der Waals surface area contributed by atoms with Gasteiger partial charge in [-0.2, -0.15) is 5.10 Å². The van der Waals surface area contributed by atoms with Gasteiger partial charge in [0.1, 0.15) is 11.6 Å². The highest BCUT2D eigenvalue weighted by atomic mass is 16.2. The van der Waals surface area contributed by atoms with E-state index in [0.717, 1.165) is 35.6 Å². The van der Waals surface area contributed by atoms with Gasteiger partial charge in [-0.05, 0) is 25.5 Å². The maximum Gasteiger partial charge on any atom is 0.345 e. The summed E-state index contributed by atoms with van der Waals surface area (Å²) in [4.78, 5) is 29.3. The summed E-state index contributed by atoms with van der Waals surface area (Å²) in [6.45, 7) is 3.88. The Morgan fingerprint density at radius 3 is 2.96 bits per heavy atom. The van der Waals surface area contributed by atoms with Crippen molar-refractivity contribution in [2.45, 2.75) is 39.3 Å². The number of rotatable bonds is 5. The standard InChI is InChI=1S/C19H24N6O2/c1-3-24-15-7-5-4-6-14(15)21-16(24)10-11-20-18(26)13-8-9-17-22-23(2)19(27)25(17)12-13/h4-7,13H,3,8-12H2,1-2H3,(H,20,26). The molecule has 2 aromatic heterocycles. The third-order valence-corrected chi connectivity index (χ3v) is 5.27. The number of hydrogen-bond donors (Lipinski definition) is 1. The van der Waals surface area contributed by atoms with Gasteiger partial charge in [-0.1, -0.05) is 12.1 Å². The Balaban J connectivity index is 1.39. The van der Waals surface area contributed by atoms with Gasteiger partial charge in [0.15, 0.2) is 0 Å². The third-order valence-electron chi connectivity index (χ3n) is 5.27. The number of fused-ring (bicyclic) bond motifs is 2. The van der Waals surface area contributed by atoms with Gasteiger partial charge in [-0.3, -0.25) is 9.36 Å². The molecule has 1 aromatic carbocycles. The summed E-state index contributed by atoms with van der Waals surface area (Å²) in [7, 11) is 1.64. The van der Waals surface area contributed by atoms with Gasteiger partial charge in [0, 0.05) is 39.5 Å². The van der Waals surface area contributed by atoms with Gasteiger partial charge >= 0.3 is 5.69 Å². The van der Waals surface area contributed by atoms with Crippen LogP contribution in [0.3, 0.4) is 0 Å². The number of para-hydroxylation sites is 2. The molecule has 1 aliphatic heterocycles. The number of carbonyl (C=O) groups is 1. The molecule has 0 radical (unpaired) electrons. The molecule has 8 heteroatoms. The van der Waals surface area contributed by atoms with E-state index in [0.29, 0.717) is 25.9 Å². The van der Waals surface area contributed by atoms with Gasteiger partial charge < -0.3 is 9.88 Å². The maximum atomic E-state index is 12.6. The Bertz CT molecular complexity index is 1040. The van der Waals surface area contributed by atoms with Crippen LogP contribution in [-0.4, -0.2) is 36.4 Å². The Kier molecular flexibility index (Phi) is 4.55. The highest BCUT2D eigenvalue weighted by Gasteiger charge is 2.27. The Hall–Kier alpha value is -2.90. The van der Waals surface area contributed by atoms with E-state index in [9.17, 15) is 9.59 Å². The Morgan fingerprint density at radius 1 is 1.33 bits per heavy atom. The quantitative estimate of drug-likeness (QED) is 0.724. The minimum absolute atomic E-state index is 0.00411. The smallest absolute Gasteiger partial charge is 0.345 e. The fourth-order valence-electron chi connectivity index (χ4n) is 3.86. The molecule has 4 rings (SSSR count). The first-order valence-electron chi connectivity index (χ1n) is 9.43. The zero-order valence-electron chi connectivity index (χ0n) is 15.7. The third kappa shape index (κ3) is 3.15. The molecular formula is C19H24N6O2. The number of benzene rings is 1. The maximum absolute atomic E-state index is 12.6. The summed E-state index contributed by atoms with van der Waals surface area (Å²) in [6, 6.07) is 8.08. The van der Waals surface area contributed by atoms with Crippen LogP contribution < -0.4 is 11.0 Å². The van der Waals surface area contributed by atoms with E-state index in [1.807, 2.05) is 18.2 Å². The highest BCUT2D eigenvalue weighted by Crippen LogP contribution is 2.18. The Labute approximate surface area is 156 Å². The molecule has 27 heavy (non-hydrogen) atoms. The van der Waals surface area contributed by atoms with Crippen LogP contribution in [-0.2, 0) is 37.8 Å². The second-order valence-corrected chi connectivity index (χ2v) is 6.97. The van der Waals surface area contributed by atoms with E-state index >= 15 is 0 Å². The number of amides is 1. The molecule has 0 bridgehead atoms. The first-order chi connectivity index (χ1) is 13.1. The van der Waals surface area contributed by atoms with Crippen molar-refractivity contribution >= 4 is 16.9 Å². The zero-order valence-corrected chi connectivity index (χ0v) is 15.7. The van der Waals surface area contributed by atoms with E-state index in [-0.39, 0.29) is 17.5 Å². The summed E-state index contributed by atoms with van der Waals surface area (Å²) < 4.78 is 5.14. The highest BCUT2D eigenvalue weighted by molar-refractivity contribution is 5.79. The number of aryl methyl sites for hydroxylation is 3. The second-order valence-electron chi connectivity index (χ2n) is 6.97. The van der Waals surface area contributed by atoms with Crippen LogP contribution in [0.2, 0.25) is 0 Å². The molecule has 0 fully saturated rings. The lowest BCUT2D eigenvalue weighted by Gasteiger charge is -2.21. The lowest BCUT2D eigenvalue weighted by molar-refractivity contribution is -0.125. The molecule has 0 aliphatic carbocycles. The van der Waals surface area contributed by atoms with Crippen molar-refractivity contribution in [2.75, 3.05) is 6.54 Å². The molecular weight excluding hydrogens is 344 g/mol. The van der Waals surface area contributed by atoms with E-state index < -0.39 is 0 Å². The van der Waals surface area contributed by atoms with Crippen molar-refractivity contribution in [3.8, 4) is 0 Å². The van der Waals surface area contributed by atoms with Crippen molar-refractivity contribution in [1.82, 2.24) is 29.2 Å². The summed E-state index contributed by atoms with van der Waals surface area (Å²) in [5.41, 5.74) is 1.95. The number of carbonyl (C=O) groups excluding carboxylic acids is 1. The zero-order chi connectivity index (χ0) is 19.0. The number of nitrogens with zero attached hydrogens (tertiary/aromatic N) is 5.